The average molecular weight is 182 g/mol. The van der Waals surface area contributed by atoms with Gasteiger partial charge in [-0.2, -0.15) is 0 Å². The SMILES string of the molecule is FC1CC2CCCC3CCCC1C32. The summed E-state index contributed by atoms with van der Waals surface area (Å²) in [4.78, 5) is 0. The van der Waals surface area contributed by atoms with Gasteiger partial charge in [0.15, 0.2) is 0 Å². The molecule has 0 heterocycles. The summed E-state index contributed by atoms with van der Waals surface area (Å²) in [6.45, 7) is 0. The summed E-state index contributed by atoms with van der Waals surface area (Å²) in [6.07, 6.45) is 8.50. The minimum atomic E-state index is -0.434. The van der Waals surface area contributed by atoms with Gasteiger partial charge in [-0.15, -0.1) is 0 Å². The predicted octanol–water partition coefficient (Wildman–Crippen LogP) is 3.56. The van der Waals surface area contributed by atoms with E-state index in [-0.39, 0.29) is 0 Å². The molecule has 74 valence electrons. The van der Waals surface area contributed by atoms with Crippen LogP contribution < -0.4 is 0 Å². The Kier molecular flexibility index (Phi) is 1.88. The molecule has 5 atom stereocenters. The molecular weight excluding hydrogens is 163 g/mol. The zero-order valence-corrected chi connectivity index (χ0v) is 8.21. The Morgan fingerprint density at radius 3 is 2.38 bits per heavy atom. The Morgan fingerprint density at radius 1 is 0.846 bits per heavy atom. The number of halogens is 1. The summed E-state index contributed by atoms with van der Waals surface area (Å²) in [5.41, 5.74) is 0. The summed E-state index contributed by atoms with van der Waals surface area (Å²) in [5.74, 6) is 2.97. The van der Waals surface area contributed by atoms with Crippen molar-refractivity contribution >= 4 is 0 Å². The minimum Gasteiger partial charge on any atom is -0.247 e. The van der Waals surface area contributed by atoms with Crippen LogP contribution in [-0.2, 0) is 0 Å². The fourth-order valence-electron chi connectivity index (χ4n) is 4.42. The third-order valence-electron chi connectivity index (χ3n) is 4.84. The predicted molar refractivity (Wildman–Crippen MR) is 51.2 cm³/mol. The maximum atomic E-state index is 13.7. The molecule has 0 aliphatic heterocycles. The summed E-state index contributed by atoms with van der Waals surface area (Å²) in [5, 5.41) is 0. The molecule has 0 nitrogen and oxygen atoms in total. The van der Waals surface area contributed by atoms with Crippen molar-refractivity contribution in [2.24, 2.45) is 23.7 Å². The smallest absolute Gasteiger partial charge is 0.103 e. The van der Waals surface area contributed by atoms with Crippen molar-refractivity contribution in [3.63, 3.8) is 0 Å². The van der Waals surface area contributed by atoms with E-state index in [4.69, 9.17) is 0 Å². The third-order valence-corrected chi connectivity index (χ3v) is 4.84. The first-order chi connectivity index (χ1) is 6.36. The minimum absolute atomic E-state index is 0.434. The highest BCUT2D eigenvalue weighted by Crippen LogP contribution is 2.55. The van der Waals surface area contributed by atoms with E-state index in [1.165, 1.54) is 38.5 Å². The zero-order chi connectivity index (χ0) is 8.84. The van der Waals surface area contributed by atoms with Crippen molar-refractivity contribution in [2.45, 2.75) is 51.1 Å². The Hall–Kier alpha value is -0.0700. The van der Waals surface area contributed by atoms with Crippen molar-refractivity contribution in [3.8, 4) is 0 Å². The van der Waals surface area contributed by atoms with Gasteiger partial charge >= 0.3 is 0 Å². The number of alkyl halides is 1. The Balaban J connectivity index is 1.87. The van der Waals surface area contributed by atoms with Gasteiger partial charge in [0.2, 0.25) is 0 Å². The highest BCUT2D eigenvalue weighted by molar-refractivity contribution is 4.98. The summed E-state index contributed by atoms with van der Waals surface area (Å²) in [7, 11) is 0. The molecule has 0 bridgehead atoms. The Morgan fingerprint density at radius 2 is 1.54 bits per heavy atom. The Labute approximate surface area is 79.9 Å². The molecule has 0 aromatic carbocycles. The maximum Gasteiger partial charge on any atom is 0.103 e. The molecule has 0 aromatic heterocycles. The van der Waals surface area contributed by atoms with Crippen LogP contribution in [-0.4, -0.2) is 6.17 Å². The van der Waals surface area contributed by atoms with Crippen molar-refractivity contribution in [1.29, 1.82) is 0 Å². The summed E-state index contributed by atoms with van der Waals surface area (Å²) in [6, 6.07) is 0. The van der Waals surface area contributed by atoms with Gasteiger partial charge in [0.25, 0.3) is 0 Å². The Bertz CT molecular complexity index is 193. The number of rotatable bonds is 0. The van der Waals surface area contributed by atoms with Gasteiger partial charge in [-0.25, -0.2) is 4.39 Å². The first-order valence-corrected chi connectivity index (χ1v) is 6.00. The molecule has 1 heteroatoms. The fourth-order valence-corrected chi connectivity index (χ4v) is 4.42. The zero-order valence-electron chi connectivity index (χ0n) is 8.21. The topological polar surface area (TPSA) is 0 Å². The maximum absolute atomic E-state index is 13.7. The van der Waals surface area contributed by atoms with Crippen LogP contribution >= 0.6 is 0 Å². The van der Waals surface area contributed by atoms with Crippen LogP contribution in [0, 0.1) is 23.7 Å². The summed E-state index contributed by atoms with van der Waals surface area (Å²) >= 11 is 0. The van der Waals surface area contributed by atoms with Crippen LogP contribution in [0.15, 0.2) is 0 Å². The molecule has 3 aliphatic rings. The largest absolute Gasteiger partial charge is 0.247 e. The normalized spacial score (nSPS) is 54.7. The van der Waals surface area contributed by atoms with E-state index >= 15 is 0 Å². The standard InChI is InChI=1S/C12H19F/c13-11-7-9-5-1-3-8-4-2-6-10(11)12(8)9/h8-12H,1-7H2. The average Bonchev–Trinajstić information content (AvgIpc) is 2.47. The van der Waals surface area contributed by atoms with Gasteiger partial charge in [0, 0.05) is 0 Å². The number of hydrogen-bond acceptors (Lipinski definition) is 0. The molecule has 3 saturated carbocycles. The number of hydrogen-bond donors (Lipinski definition) is 0. The van der Waals surface area contributed by atoms with E-state index in [9.17, 15) is 4.39 Å². The second-order valence-electron chi connectivity index (χ2n) is 5.37. The van der Waals surface area contributed by atoms with E-state index in [0.29, 0.717) is 5.92 Å². The molecule has 3 fully saturated rings. The van der Waals surface area contributed by atoms with E-state index in [1.54, 1.807) is 0 Å². The first kappa shape index (κ1) is 8.26. The van der Waals surface area contributed by atoms with Crippen molar-refractivity contribution < 1.29 is 4.39 Å². The van der Waals surface area contributed by atoms with Crippen molar-refractivity contribution in [3.05, 3.63) is 0 Å². The molecule has 0 N–H and O–H groups in total. The molecule has 3 rings (SSSR count). The van der Waals surface area contributed by atoms with Crippen LogP contribution in [0.3, 0.4) is 0 Å². The molecule has 0 amide bonds. The van der Waals surface area contributed by atoms with Gasteiger partial charge in [0.1, 0.15) is 6.17 Å². The van der Waals surface area contributed by atoms with Gasteiger partial charge in [0.05, 0.1) is 0 Å². The van der Waals surface area contributed by atoms with Gasteiger partial charge in [-0.05, 0) is 36.5 Å². The van der Waals surface area contributed by atoms with Crippen LogP contribution in [0.2, 0.25) is 0 Å². The van der Waals surface area contributed by atoms with E-state index in [1.807, 2.05) is 0 Å². The lowest BCUT2D eigenvalue weighted by molar-refractivity contribution is 0.0785. The van der Waals surface area contributed by atoms with E-state index in [2.05, 4.69) is 0 Å². The first-order valence-electron chi connectivity index (χ1n) is 6.00. The molecular formula is C12H19F. The van der Waals surface area contributed by atoms with Crippen LogP contribution in [0.4, 0.5) is 4.39 Å². The molecule has 0 spiro atoms. The third kappa shape index (κ3) is 1.15. The van der Waals surface area contributed by atoms with Gasteiger partial charge < -0.3 is 0 Å². The molecule has 0 saturated heterocycles. The van der Waals surface area contributed by atoms with E-state index in [0.717, 1.165) is 24.2 Å². The lowest BCUT2D eigenvalue weighted by Crippen LogP contribution is -2.33. The lowest BCUT2D eigenvalue weighted by Gasteiger charge is -2.40. The summed E-state index contributed by atoms with van der Waals surface area (Å²) < 4.78 is 13.7. The highest BCUT2D eigenvalue weighted by atomic mass is 19.1. The molecule has 5 unspecified atom stereocenters. The monoisotopic (exact) mass is 182 g/mol. The quantitative estimate of drug-likeness (QED) is 0.537. The second kappa shape index (κ2) is 2.96. The van der Waals surface area contributed by atoms with Crippen molar-refractivity contribution in [1.82, 2.24) is 0 Å². The molecule has 0 radical (unpaired) electrons. The van der Waals surface area contributed by atoms with Crippen LogP contribution in [0.1, 0.15) is 44.9 Å². The van der Waals surface area contributed by atoms with Crippen LogP contribution in [0.5, 0.6) is 0 Å². The van der Waals surface area contributed by atoms with E-state index < -0.39 is 6.17 Å². The van der Waals surface area contributed by atoms with Gasteiger partial charge in [-0.3, -0.25) is 0 Å². The lowest BCUT2D eigenvalue weighted by atomic mass is 9.65. The fraction of sp³-hybridized carbons (Fsp3) is 1.00. The van der Waals surface area contributed by atoms with Crippen LogP contribution in [0.25, 0.3) is 0 Å². The molecule has 3 aliphatic carbocycles. The second-order valence-corrected chi connectivity index (χ2v) is 5.37. The van der Waals surface area contributed by atoms with Crippen molar-refractivity contribution in [2.75, 3.05) is 0 Å². The molecule has 13 heavy (non-hydrogen) atoms. The van der Waals surface area contributed by atoms with Gasteiger partial charge in [-0.1, -0.05) is 32.1 Å². The molecule has 0 aromatic rings. The highest BCUT2D eigenvalue weighted by Gasteiger charge is 2.49.